The standard InChI is InChI=1S/C50H48N4O2/c55-41(35-53-45-27-15-13-25-43(45)47(37-17-5-1-6-18-37)49(53)39-21-9-3-10-22-39)33-51-29-31-52(32-30-51)34-42(56)36-54-46-28-16-14-26-44(46)48(38-19-7-2-8-20-38)50(54)40-23-11-4-12-24-40/h1-28,41-42,55-56H,29-36H2/t41-,42-/m1/s1. The lowest BCUT2D eigenvalue weighted by molar-refractivity contribution is 0.0412. The van der Waals surface area contributed by atoms with Crippen LogP contribution in [0.15, 0.2) is 170 Å². The number of fused-ring (bicyclic) bond motifs is 2. The first-order chi connectivity index (χ1) is 27.6. The normalized spacial score (nSPS) is 15.0. The summed E-state index contributed by atoms with van der Waals surface area (Å²) in [5, 5.41) is 25.8. The second-order valence-corrected chi connectivity index (χ2v) is 15.1. The van der Waals surface area contributed by atoms with Gasteiger partial charge in [0.15, 0.2) is 0 Å². The number of benzene rings is 6. The highest BCUT2D eigenvalue weighted by atomic mass is 16.3. The van der Waals surface area contributed by atoms with Crippen LogP contribution in [0.5, 0.6) is 0 Å². The summed E-state index contributed by atoms with van der Waals surface area (Å²) in [5.74, 6) is 0. The average Bonchev–Trinajstić information content (AvgIpc) is 3.75. The minimum Gasteiger partial charge on any atom is -0.390 e. The lowest BCUT2D eigenvalue weighted by Crippen LogP contribution is -2.50. The van der Waals surface area contributed by atoms with Crippen LogP contribution in [0, 0.1) is 0 Å². The molecule has 9 rings (SSSR count). The molecule has 1 fully saturated rings. The van der Waals surface area contributed by atoms with Crippen molar-refractivity contribution in [3.05, 3.63) is 170 Å². The Morgan fingerprint density at radius 1 is 0.357 bits per heavy atom. The molecule has 1 saturated heterocycles. The largest absolute Gasteiger partial charge is 0.390 e. The van der Waals surface area contributed by atoms with Crippen LogP contribution in [0.2, 0.25) is 0 Å². The van der Waals surface area contributed by atoms with Gasteiger partial charge in [0, 0.05) is 72.2 Å². The first kappa shape index (κ1) is 35.9. The molecule has 0 aliphatic carbocycles. The number of rotatable bonds is 12. The summed E-state index contributed by atoms with van der Waals surface area (Å²) in [6.07, 6.45) is -1.10. The molecule has 2 aromatic heterocycles. The molecule has 6 heteroatoms. The van der Waals surface area contributed by atoms with Crippen molar-refractivity contribution in [2.24, 2.45) is 0 Å². The fraction of sp³-hybridized carbons (Fsp3) is 0.200. The molecule has 0 amide bonds. The smallest absolute Gasteiger partial charge is 0.0845 e. The van der Waals surface area contributed by atoms with Crippen molar-refractivity contribution < 1.29 is 10.2 Å². The highest BCUT2D eigenvalue weighted by Crippen LogP contribution is 2.42. The summed E-state index contributed by atoms with van der Waals surface area (Å²) in [7, 11) is 0. The predicted molar refractivity (Wildman–Crippen MR) is 231 cm³/mol. The third kappa shape index (κ3) is 7.20. The third-order valence-corrected chi connectivity index (χ3v) is 11.4. The van der Waals surface area contributed by atoms with Crippen LogP contribution in [-0.4, -0.2) is 80.6 Å². The Morgan fingerprint density at radius 2 is 0.661 bits per heavy atom. The highest BCUT2D eigenvalue weighted by Gasteiger charge is 2.26. The maximum atomic E-state index is 11.7. The number of β-amino-alcohol motifs (C(OH)–C–C–N with tert-alkyl or cyclic N) is 2. The Morgan fingerprint density at radius 3 is 1.02 bits per heavy atom. The highest BCUT2D eigenvalue weighted by molar-refractivity contribution is 6.05. The molecule has 2 atom stereocenters. The molecular weight excluding hydrogens is 689 g/mol. The van der Waals surface area contributed by atoms with Gasteiger partial charge in [-0.2, -0.15) is 0 Å². The van der Waals surface area contributed by atoms with Gasteiger partial charge >= 0.3 is 0 Å². The summed E-state index contributed by atoms with van der Waals surface area (Å²) in [6, 6.07) is 59.4. The zero-order valence-corrected chi connectivity index (χ0v) is 31.7. The zero-order chi connectivity index (χ0) is 37.8. The molecule has 8 aromatic rings. The maximum Gasteiger partial charge on any atom is 0.0845 e. The van der Waals surface area contributed by atoms with Gasteiger partial charge in [0.2, 0.25) is 0 Å². The molecule has 6 nitrogen and oxygen atoms in total. The molecule has 0 radical (unpaired) electrons. The van der Waals surface area contributed by atoms with Gasteiger partial charge in [-0.3, -0.25) is 9.80 Å². The zero-order valence-electron chi connectivity index (χ0n) is 31.7. The number of aliphatic hydroxyl groups is 2. The Hall–Kier alpha value is -5.76. The fourth-order valence-electron chi connectivity index (χ4n) is 8.86. The van der Waals surface area contributed by atoms with Gasteiger partial charge < -0.3 is 19.3 Å². The summed E-state index contributed by atoms with van der Waals surface area (Å²) in [6.45, 7) is 5.55. The van der Waals surface area contributed by atoms with Gasteiger partial charge in [-0.05, 0) is 34.4 Å². The van der Waals surface area contributed by atoms with Gasteiger partial charge in [0.05, 0.1) is 36.7 Å². The van der Waals surface area contributed by atoms with E-state index in [4.69, 9.17) is 0 Å². The number of piperazine rings is 1. The van der Waals surface area contributed by atoms with E-state index in [1.54, 1.807) is 0 Å². The third-order valence-electron chi connectivity index (χ3n) is 11.4. The first-order valence-corrected chi connectivity index (χ1v) is 19.9. The molecule has 56 heavy (non-hydrogen) atoms. The average molecular weight is 737 g/mol. The molecule has 280 valence electrons. The van der Waals surface area contributed by atoms with E-state index in [-0.39, 0.29) is 0 Å². The van der Waals surface area contributed by atoms with E-state index in [1.165, 1.54) is 33.0 Å². The van der Waals surface area contributed by atoms with Crippen molar-refractivity contribution >= 4 is 21.8 Å². The van der Waals surface area contributed by atoms with Crippen molar-refractivity contribution in [3.8, 4) is 44.8 Å². The molecule has 0 unspecified atom stereocenters. The number of nitrogens with zero attached hydrogens (tertiary/aromatic N) is 4. The van der Waals surface area contributed by atoms with Gasteiger partial charge in [-0.25, -0.2) is 0 Å². The van der Waals surface area contributed by atoms with Crippen LogP contribution in [0.25, 0.3) is 66.6 Å². The fourth-order valence-corrected chi connectivity index (χ4v) is 8.86. The van der Waals surface area contributed by atoms with Crippen LogP contribution in [0.3, 0.4) is 0 Å². The van der Waals surface area contributed by atoms with Gasteiger partial charge in [0.1, 0.15) is 0 Å². The van der Waals surface area contributed by atoms with Crippen molar-refractivity contribution in [1.29, 1.82) is 0 Å². The van der Waals surface area contributed by atoms with E-state index in [0.717, 1.165) is 59.7 Å². The second kappa shape index (κ2) is 16.1. The summed E-state index contributed by atoms with van der Waals surface area (Å²) < 4.78 is 4.64. The molecule has 6 aromatic carbocycles. The maximum absolute atomic E-state index is 11.7. The number of aromatic nitrogens is 2. The van der Waals surface area contributed by atoms with Crippen LogP contribution in [0.1, 0.15) is 0 Å². The summed E-state index contributed by atoms with van der Waals surface area (Å²) >= 11 is 0. The summed E-state index contributed by atoms with van der Waals surface area (Å²) in [5.41, 5.74) is 11.6. The van der Waals surface area contributed by atoms with Crippen molar-refractivity contribution in [2.45, 2.75) is 25.3 Å². The predicted octanol–water partition coefficient (Wildman–Crippen LogP) is 9.30. The molecule has 0 bridgehead atoms. The van der Waals surface area contributed by atoms with Gasteiger partial charge in [0.25, 0.3) is 0 Å². The number of para-hydroxylation sites is 2. The minimum atomic E-state index is -0.550. The number of hydrogen-bond acceptors (Lipinski definition) is 4. The molecule has 0 spiro atoms. The molecule has 0 saturated carbocycles. The van der Waals surface area contributed by atoms with Crippen LogP contribution >= 0.6 is 0 Å². The minimum absolute atomic E-state index is 0.496. The van der Waals surface area contributed by atoms with E-state index in [1.807, 2.05) is 0 Å². The number of hydrogen-bond donors (Lipinski definition) is 2. The van der Waals surface area contributed by atoms with E-state index in [9.17, 15) is 10.2 Å². The van der Waals surface area contributed by atoms with Crippen LogP contribution < -0.4 is 0 Å². The Kier molecular flexibility index (Phi) is 10.4. The van der Waals surface area contributed by atoms with E-state index >= 15 is 0 Å². The molecule has 1 aliphatic rings. The topological polar surface area (TPSA) is 56.8 Å². The van der Waals surface area contributed by atoms with E-state index in [2.05, 4.69) is 189 Å². The monoisotopic (exact) mass is 736 g/mol. The van der Waals surface area contributed by atoms with Crippen molar-refractivity contribution in [3.63, 3.8) is 0 Å². The lowest BCUT2D eigenvalue weighted by Gasteiger charge is -2.36. The van der Waals surface area contributed by atoms with Crippen LogP contribution in [-0.2, 0) is 13.1 Å². The quantitative estimate of drug-likeness (QED) is 0.131. The number of aliphatic hydroxyl groups excluding tert-OH is 2. The Bertz CT molecular complexity index is 2340. The van der Waals surface area contributed by atoms with Crippen molar-refractivity contribution in [1.82, 2.24) is 18.9 Å². The summed E-state index contributed by atoms with van der Waals surface area (Å²) in [4.78, 5) is 4.75. The van der Waals surface area contributed by atoms with Crippen LogP contribution in [0.4, 0.5) is 0 Å². The SMILES string of the molecule is O[C@H](CN1CCN(C[C@@H](O)Cn2c(-c3ccccc3)c(-c3ccccc3)c3ccccc32)CC1)Cn1c(-c2ccccc2)c(-c2ccccc2)c2ccccc21. The second-order valence-electron chi connectivity index (χ2n) is 15.1. The lowest BCUT2D eigenvalue weighted by atomic mass is 9.98. The van der Waals surface area contributed by atoms with Crippen molar-refractivity contribution in [2.75, 3.05) is 39.3 Å². The molecular formula is C50H48N4O2. The van der Waals surface area contributed by atoms with E-state index in [0.29, 0.717) is 26.2 Å². The Labute approximate surface area is 329 Å². The van der Waals surface area contributed by atoms with Gasteiger partial charge in [-0.1, -0.05) is 158 Å². The Balaban J connectivity index is 0.901. The first-order valence-electron chi connectivity index (χ1n) is 19.9. The van der Waals surface area contributed by atoms with E-state index < -0.39 is 12.2 Å². The molecule has 3 heterocycles. The molecule has 1 aliphatic heterocycles. The molecule has 2 N–H and O–H groups in total. The van der Waals surface area contributed by atoms with Gasteiger partial charge in [-0.15, -0.1) is 0 Å².